The standard InChI is InChI=1S/C16H17Cl2NO/c1-19-16(9-11-5-3-4-6-14(11)17)13-8-7-12(20-2)10-15(13)18/h3-8,10,16,19H,9H2,1-2H3. The van der Waals surface area contributed by atoms with Crippen molar-refractivity contribution in [3.8, 4) is 5.75 Å². The van der Waals surface area contributed by atoms with E-state index in [0.717, 1.165) is 28.3 Å². The molecule has 2 aromatic rings. The Bertz CT molecular complexity index is 586. The lowest BCUT2D eigenvalue weighted by molar-refractivity contribution is 0.414. The molecular weight excluding hydrogens is 293 g/mol. The van der Waals surface area contributed by atoms with Crippen LogP contribution >= 0.6 is 23.2 Å². The predicted octanol–water partition coefficient (Wildman–Crippen LogP) is 4.51. The summed E-state index contributed by atoms with van der Waals surface area (Å²) in [6, 6.07) is 13.7. The van der Waals surface area contributed by atoms with Gasteiger partial charge in [0, 0.05) is 16.1 Å². The number of hydrogen-bond donors (Lipinski definition) is 1. The van der Waals surface area contributed by atoms with Crippen LogP contribution in [0.4, 0.5) is 0 Å². The molecule has 0 aliphatic rings. The Morgan fingerprint density at radius 2 is 1.85 bits per heavy atom. The van der Waals surface area contributed by atoms with Crippen LogP contribution in [-0.4, -0.2) is 14.2 Å². The first kappa shape index (κ1) is 15.2. The fraction of sp³-hybridized carbons (Fsp3) is 0.250. The maximum Gasteiger partial charge on any atom is 0.120 e. The van der Waals surface area contributed by atoms with E-state index in [1.54, 1.807) is 7.11 Å². The van der Waals surface area contributed by atoms with Gasteiger partial charge in [-0.15, -0.1) is 0 Å². The molecule has 2 aromatic carbocycles. The van der Waals surface area contributed by atoms with Crippen LogP contribution in [0, 0.1) is 0 Å². The molecule has 20 heavy (non-hydrogen) atoms. The summed E-state index contributed by atoms with van der Waals surface area (Å²) in [6.45, 7) is 0. The van der Waals surface area contributed by atoms with E-state index in [0.29, 0.717) is 5.02 Å². The molecule has 0 saturated heterocycles. The van der Waals surface area contributed by atoms with Crippen LogP contribution < -0.4 is 10.1 Å². The number of hydrogen-bond acceptors (Lipinski definition) is 2. The van der Waals surface area contributed by atoms with E-state index in [-0.39, 0.29) is 6.04 Å². The fourth-order valence-electron chi connectivity index (χ4n) is 2.17. The van der Waals surface area contributed by atoms with E-state index in [9.17, 15) is 0 Å². The molecule has 106 valence electrons. The zero-order valence-corrected chi connectivity index (χ0v) is 13.0. The van der Waals surface area contributed by atoms with Gasteiger partial charge in [0.1, 0.15) is 5.75 Å². The van der Waals surface area contributed by atoms with E-state index in [4.69, 9.17) is 27.9 Å². The number of likely N-dealkylation sites (N-methyl/N-ethyl adjacent to an activating group) is 1. The van der Waals surface area contributed by atoms with Crippen LogP contribution in [0.15, 0.2) is 42.5 Å². The van der Waals surface area contributed by atoms with E-state index >= 15 is 0 Å². The Morgan fingerprint density at radius 1 is 1.10 bits per heavy atom. The Kier molecular flexibility index (Phi) is 5.30. The third kappa shape index (κ3) is 3.45. The molecule has 0 heterocycles. The third-order valence-electron chi connectivity index (χ3n) is 3.31. The van der Waals surface area contributed by atoms with Crippen LogP contribution in [0.1, 0.15) is 17.2 Å². The summed E-state index contributed by atoms with van der Waals surface area (Å²) in [7, 11) is 3.55. The number of halogens is 2. The van der Waals surface area contributed by atoms with Crippen molar-refractivity contribution >= 4 is 23.2 Å². The van der Waals surface area contributed by atoms with Gasteiger partial charge in [-0.1, -0.05) is 47.5 Å². The molecule has 2 rings (SSSR count). The number of rotatable bonds is 5. The molecule has 0 radical (unpaired) electrons. The summed E-state index contributed by atoms with van der Waals surface area (Å²) in [5.41, 5.74) is 2.13. The fourth-order valence-corrected chi connectivity index (χ4v) is 2.68. The minimum Gasteiger partial charge on any atom is -0.497 e. The van der Waals surface area contributed by atoms with Crippen molar-refractivity contribution in [2.24, 2.45) is 0 Å². The summed E-state index contributed by atoms with van der Waals surface area (Å²) in [4.78, 5) is 0. The van der Waals surface area contributed by atoms with Gasteiger partial charge in [-0.2, -0.15) is 0 Å². The summed E-state index contributed by atoms with van der Waals surface area (Å²) in [5, 5.41) is 4.75. The van der Waals surface area contributed by atoms with Crippen LogP contribution in [0.3, 0.4) is 0 Å². The summed E-state index contributed by atoms with van der Waals surface area (Å²) < 4.78 is 5.17. The van der Waals surface area contributed by atoms with E-state index in [1.165, 1.54) is 0 Å². The van der Waals surface area contributed by atoms with Gasteiger partial charge < -0.3 is 10.1 Å². The molecule has 0 aliphatic heterocycles. The maximum absolute atomic E-state index is 6.33. The topological polar surface area (TPSA) is 21.3 Å². The molecule has 4 heteroatoms. The largest absolute Gasteiger partial charge is 0.497 e. The molecule has 0 aliphatic carbocycles. The number of benzene rings is 2. The molecule has 0 saturated carbocycles. The van der Waals surface area contributed by atoms with Gasteiger partial charge in [0.25, 0.3) is 0 Å². The van der Waals surface area contributed by atoms with Crippen molar-refractivity contribution in [3.05, 3.63) is 63.6 Å². The molecule has 1 unspecified atom stereocenters. The Morgan fingerprint density at radius 3 is 2.45 bits per heavy atom. The Labute approximate surface area is 129 Å². The second-order valence-electron chi connectivity index (χ2n) is 4.52. The average molecular weight is 310 g/mol. The first-order valence-electron chi connectivity index (χ1n) is 6.39. The minimum absolute atomic E-state index is 0.105. The highest BCUT2D eigenvalue weighted by atomic mass is 35.5. The number of methoxy groups -OCH3 is 1. The second-order valence-corrected chi connectivity index (χ2v) is 5.34. The third-order valence-corrected chi connectivity index (χ3v) is 4.01. The van der Waals surface area contributed by atoms with Gasteiger partial charge >= 0.3 is 0 Å². The van der Waals surface area contributed by atoms with Gasteiger partial charge in [0.2, 0.25) is 0 Å². The lowest BCUT2D eigenvalue weighted by Gasteiger charge is -2.19. The molecule has 2 nitrogen and oxygen atoms in total. The first-order valence-corrected chi connectivity index (χ1v) is 7.15. The van der Waals surface area contributed by atoms with Gasteiger partial charge in [-0.05, 0) is 42.8 Å². The van der Waals surface area contributed by atoms with Gasteiger partial charge in [0.05, 0.1) is 7.11 Å². The predicted molar refractivity (Wildman–Crippen MR) is 85.0 cm³/mol. The van der Waals surface area contributed by atoms with Gasteiger partial charge in [-0.25, -0.2) is 0 Å². The lowest BCUT2D eigenvalue weighted by atomic mass is 9.99. The van der Waals surface area contributed by atoms with Crippen LogP contribution in [-0.2, 0) is 6.42 Å². The van der Waals surface area contributed by atoms with Crippen LogP contribution in [0.5, 0.6) is 5.75 Å². The molecule has 0 spiro atoms. The van der Waals surface area contributed by atoms with Crippen molar-refractivity contribution in [2.45, 2.75) is 12.5 Å². The van der Waals surface area contributed by atoms with E-state index < -0.39 is 0 Å². The minimum atomic E-state index is 0.105. The highest BCUT2D eigenvalue weighted by molar-refractivity contribution is 6.32. The van der Waals surface area contributed by atoms with Gasteiger partial charge in [-0.3, -0.25) is 0 Å². The zero-order chi connectivity index (χ0) is 14.5. The maximum atomic E-state index is 6.33. The normalized spacial score (nSPS) is 12.2. The van der Waals surface area contributed by atoms with E-state index in [1.807, 2.05) is 49.5 Å². The highest BCUT2D eigenvalue weighted by Crippen LogP contribution is 2.30. The van der Waals surface area contributed by atoms with Crippen molar-refractivity contribution in [1.29, 1.82) is 0 Å². The molecule has 0 fully saturated rings. The zero-order valence-electron chi connectivity index (χ0n) is 11.5. The van der Waals surface area contributed by atoms with Gasteiger partial charge in [0.15, 0.2) is 0 Å². The van der Waals surface area contributed by atoms with E-state index in [2.05, 4.69) is 5.32 Å². The molecule has 0 aromatic heterocycles. The first-order chi connectivity index (χ1) is 9.65. The smallest absolute Gasteiger partial charge is 0.120 e. The summed E-state index contributed by atoms with van der Waals surface area (Å²) >= 11 is 12.6. The highest BCUT2D eigenvalue weighted by Gasteiger charge is 2.15. The average Bonchev–Trinajstić information content (AvgIpc) is 2.47. The van der Waals surface area contributed by atoms with Crippen LogP contribution in [0.2, 0.25) is 10.0 Å². The number of ether oxygens (including phenoxy) is 1. The SMILES string of the molecule is CNC(Cc1ccccc1Cl)c1ccc(OC)cc1Cl. The quantitative estimate of drug-likeness (QED) is 0.877. The van der Waals surface area contributed by atoms with Crippen molar-refractivity contribution in [3.63, 3.8) is 0 Å². The second kappa shape index (κ2) is 6.98. The molecule has 0 amide bonds. The van der Waals surface area contributed by atoms with Crippen LogP contribution in [0.25, 0.3) is 0 Å². The Balaban J connectivity index is 2.27. The summed E-state index contributed by atoms with van der Waals surface area (Å²) in [5.74, 6) is 0.756. The Hall–Kier alpha value is -1.22. The molecular formula is C16H17Cl2NO. The lowest BCUT2D eigenvalue weighted by Crippen LogP contribution is -2.19. The summed E-state index contributed by atoms with van der Waals surface area (Å²) in [6.07, 6.45) is 0.780. The van der Waals surface area contributed by atoms with Crippen molar-refractivity contribution in [2.75, 3.05) is 14.2 Å². The van der Waals surface area contributed by atoms with Crippen molar-refractivity contribution < 1.29 is 4.74 Å². The number of nitrogens with one attached hydrogen (secondary N) is 1. The molecule has 0 bridgehead atoms. The van der Waals surface area contributed by atoms with Crippen molar-refractivity contribution in [1.82, 2.24) is 5.32 Å². The monoisotopic (exact) mass is 309 g/mol. The molecule has 1 N–H and O–H groups in total. The molecule has 1 atom stereocenters.